The predicted molar refractivity (Wildman–Crippen MR) is 169 cm³/mol. The molecule has 240 valence electrons. The lowest BCUT2D eigenvalue weighted by Gasteiger charge is -2.40. The van der Waals surface area contributed by atoms with Gasteiger partial charge in [-0.3, -0.25) is 9.52 Å². The van der Waals surface area contributed by atoms with Gasteiger partial charge in [0.25, 0.3) is 0 Å². The molecule has 6 rings (SSSR count). The van der Waals surface area contributed by atoms with E-state index in [1.54, 1.807) is 11.1 Å². The van der Waals surface area contributed by atoms with Crippen LogP contribution in [0.15, 0.2) is 48.7 Å². The molecular formula is C32H39F2N7O3S. The summed E-state index contributed by atoms with van der Waals surface area (Å²) in [5.74, 6) is -1.38. The van der Waals surface area contributed by atoms with Crippen molar-refractivity contribution in [1.82, 2.24) is 19.8 Å². The summed E-state index contributed by atoms with van der Waals surface area (Å²) in [6.45, 7) is 1.36. The molecule has 1 atom stereocenters. The van der Waals surface area contributed by atoms with Gasteiger partial charge in [0.2, 0.25) is 21.9 Å². The minimum Gasteiger partial charge on any atom is -0.351 e. The third kappa shape index (κ3) is 6.52. The number of aromatic nitrogens is 2. The first-order valence-corrected chi connectivity index (χ1v) is 16.9. The summed E-state index contributed by atoms with van der Waals surface area (Å²) < 4.78 is 56.3. The predicted octanol–water partition coefficient (Wildman–Crippen LogP) is 4.10. The van der Waals surface area contributed by atoms with E-state index < -0.39 is 32.8 Å². The van der Waals surface area contributed by atoms with Crippen LogP contribution < -0.4 is 14.9 Å². The summed E-state index contributed by atoms with van der Waals surface area (Å²) in [5, 5.41) is 3.51. The van der Waals surface area contributed by atoms with Crippen molar-refractivity contribution in [3.8, 4) is 0 Å². The van der Waals surface area contributed by atoms with E-state index in [0.29, 0.717) is 42.8 Å². The maximum atomic E-state index is 15.4. The number of likely N-dealkylation sites (tertiary alicyclic amines) is 1. The number of likely N-dealkylation sites (N-methyl/N-ethyl adjacent to an activating group) is 1. The molecule has 2 aliphatic heterocycles. The van der Waals surface area contributed by atoms with E-state index in [0.717, 1.165) is 36.9 Å². The van der Waals surface area contributed by atoms with Crippen molar-refractivity contribution >= 4 is 33.3 Å². The van der Waals surface area contributed by atoms with E-state index in [2.05, 4.69) is 38.9 Å². The molecule has 10 nitrogen and oxygen atoms in total. The van der Waals surface area contributed by atoms with Crippen LogP contribution in [0, 0.1) is 11.6 Å². The fourth-order valence-corrected chi connectivity index (χ4v) is 8.07. The zero-order valence-electron chi connectivity index (χ0n) is 25.8. The van der Waals surface area contributed by atoms with E-state index >= 15 is 4.39 Å². The Bertz CT molecular complexity index is 1680. The third-order valence-electron chi connectivity index (χ3n) is 9.32. The molecule has 0 radical (unpaired) electrons. The van der Waals surface area contributed by atoms with Crippen LogP contribution in [-0.4, -0.2) is 80.4 Å². The molecule has 3 heterocycles. The molecule has 2 fully saturated rings. The minimum absolute atomic E-state index is 0.167. The number of anilines is 3. The molecule has 13 heteroatoms. The fourth-order valence-electron chi connectivity index (χ4n) is 6.86. The van der Waals surface area contributed by atoms with Crippen LogP contribution in [-0.2, 0) is 32.5 Å². The molecule has 0 bridgehead atoms. The monoisotopic (exact) mass is 639 g/mol. The third-order valence-corrected chi connectivity index (χ3v) is 10.6. The Morgan fingerprint density at radius 3 is 2.44 bits per heavy atom. The quantitative estimate of drug-likeness (QED) is 0.379. The fraction of sp³-hybridized carbons (Fsp3) is 0.469. The zero-order chi connectivity index (χ0) is 31.9. The summed E-state index contributed by atoms with van der Waals surface area (Å²) >= 11 is 0. The SMILES string of the molecule is CN1CCC2(C1)C(=O)N(c1ccc(NS(=O)(=O)Cc3ccc(F)cc3)c(F)c1)Cc1cnc(NC3CCC(N(C)C)CC3)nc12. The minimum atomic E-state index is -3.98. The highest BCUT2D eigenvalue weighted by molar-refractivity contribution is 7.91. The van der Waals surface area contributed by atoms with Gasteiger partial charge in [0.15, 0.2) is 0 Å². The average Bonchev–Trinajstić information content (AvgIpc) is 3.40. The number of nitrogens with one attached hydrogen (secondary N) is 2. The highest BCUT2D eigenvalue weighted by Crippen LogP contribution is 2.43. The Morgan fingerprint density at radius 2 is 1.80 bits per heavy atom. The standard InChI is InChI=1S/C32H39F2N7O3S/c1-39(2)25-10-8-24(9-11-25)36-31-35-17-22-18-41(30(42)32(29(22)37-31)14-15-40(3)20-32)26-12-13-28(27(34)16-26)38-45(43,44)19-21-4-6-23(33)7-5-21/h4-7,12-13,16-17,24-25,38H,8-11,14-15,18-20H2,1-3H3,(H,35,36,37). The number of sulfonamides is 1. The highest BCUT2D eigenvalue weighted by atomic mass is 32.2. The van der Waals surface area contributed by atoms with E-state index in [-0.39, 0.29) is 24.2 Å². The summed E-state index contributed by atoms with van der Waals surface area (Å²) in [5.41, 5.74) is 1.06. The topological polar surface area (TPSA) is 111 Å². The number of fused-ring (bicyclic) bond motifs is 2. The van der Waals surface area contributed by atoms with Gasteiger partial charge in [-0.1, -0.05) is 12.1 Å². The lowest BCUT2D eigenvalue weighted by molar-refractivity contribution is -0.124. The lowest BCUT2D eigenvalue weighted by Crippen LogP contribution is -2.53. The summed E-state index contributed by atoms with van der Waals surface area (Å²) in [6, 6.07) is 9.94. The van der Waals surface area contributed by atoms with Gasteiger partial charge in [-0.25, -0.2) is 27.2 Å². The molecule has 2 aromatic carbocycles. The Balaban J connectivity index is 1.22. The number of carbonyl (C=O) groups is 1. The van der Waals surface area contributed by atoms with Crippen molar-refractivity contribution < 1.29 is 22.0 Å². The maximum absolute atomic E-state index is 15.4. The summed E-state index contributed by atoms with van der Waals surface area (Å²) in [6.07, 6.45) is 6.58. The van der Waals surface area contributed by atoms with Crippen LogP contribution in [0.2, 0.25) is 0 Å². The zero-order valence-corrected chi connectivity index (χ0v) is 26.6. The van der Waals surface area contributed by atoms with Gasteiger partial charge in [-0.05, 0) is 95.7 Å². The van der Waals surface area contributed by atoms with E-state index in [1.807, 2.05) is 7.05 Å². The number of carbonyl (C=O) groups excluding carboxylic acids is 1. The average molecular weight is 640 g/mol. The van der Waals surface area contributed by atoms with Gasteiger partial charge >= 0.3 is 0 Å². The Labute approximate surface area is 262 Å². The second-order valence-electron chi connectivity index (χ2n) is 12.8. The number of nitrogens with zero attached hydrogens (tertiary/aromatic N) is 5. The van der Waals surface area contributed by atoms with Crippen LogP contribution >= 0.6 is 0 Å². The molecule has 1 saturated carbocycles. The summed E-state index contributed by atoms with van der Waals surface area (Å²) in [4.78, 5) is 29.7. The van der Waals surface area contributed by atoms with Gasteiger partial charge in [0, 0.05) is 36.1 Å². The molecule has 1 aliphatic carbocycles. The second kappa shape index (κ2) is 12.3. The molecule has 2 N–H and O–H groups in total. The number of hydrogen-bond acceptors (Lipinski definition) is 8. The molecule has 45 heavy (non-hydrogen) atoms. The maximum Gasteiger partial charge on any atom is 0.240 e. The first-order chi connectivity index (χ1) is 21.4. The van der Waals surface area contributed by atoms with Gasteiger partial charge in [0.1, 0.15) is 17.0 Å². The number of amides is 1. The molecule has 1 unspecified atom stereocenters. The first-order valence-electron chi connectivity index (χ1n) is 15.3. The smallest absolute Gasteiger partial charge is 0.240 e. The highest BCUT2D eigenvalue weighted by Gasteiger charge is 2.52. The van der Waals surface area contributed by atoms with Crippen LogP contribution in [0.5, 0.6) is 0 Å². The number of halogens is 2. The first kappa shape index (κ1) is 31.3. The van der Waals surface area contributed by atoms with Crippen molar-refractivity contribution in [2.45, 2.75) is 61.9 Å². The van der Waals surface area contributed by atoms with Crippen LogP contribution in [0.4, 0.5) is 26.1 Å². The number of rotatable bonds is 8. The van der Waals surface area contributed by atoms with Crippen molar-refractivity contribution in [3.63, 3.8) is 0 Å². The number of hydrogen-bond donors (Lipinski definition) is 2. The van der Waals surface area contributed by atoms with Crippen LogP contribution in [0.3, 0.4) is 0 Å². The molecule has 3 aromatic rings. The molecule has 1 aromatic heterocycles. The Hall–Kier alpha value is -3.68. The number of benzene rings is 2. The van der Waals surface area contributed by atoms with Gasteiger partial charge < -0.3 is 20.0 Å². The van der Waals surface area contributed by atoms with Crippen LogP contribution in [0.1, 0.15) is 48.9 Å². The van der Waals surface area contributed by atoms with E-state index in [9.17, 15) is 17.6 Å². The van der Waals surface area contributed by atoms with Gasteiger partial charge in [0.05, 0.1) is 23.7 Å². The van der Waals surface area contributed by atoms with Crippen molar-refractivity contribution in [3.05, 3.63) is 77.1 Å². The van der Waals surface area contributed by atoms with E-state index in [1.165, 1.54) is 42.5 Å². The van der Waals surface area contributed by atoms with E-state index in [4.69, 9.17) is 4.98 Å². The molecule has 1 amide bonds. The normalized spacial score (nSPS) is 23.9. The lowest BCUT2D eigenvalue weighted by atomic mass is 9.77. The van der Waals surface area contributed by atoms with Crippen molar-refractivity contribution in [2.75, 3.05) is 49.2 Å². The van der Waals surface area contributed by atoms with Gasteiger partial charge in [-0.15, -0.1) is 0 Å². The molecule has 1 saturated heterocycles. The molecule has 3 aliphatic rings. The van der Waals surface area contributed by atoms with Crippen molar-refractivity contribution in [1.29, 1.82) is 0 Å². The second-order valence-corrected chi connectivity index (χ2v) is 14.5. The van der Waals surface area contributed by atoms with Crippen LogP contribution in [0.25, 0.3) is 0 Å². The summed E-state index contributed by atoms with van der Waals surface area (Å²) in [7, 11) is 2.22. The molecule has 1 spiro atoms. The van der Waals surface area contributed by atoms with Gasteiger partial charge in [-0.2, -0.15) is 0 Å². The Morgan fingerprint density at radius 1 is 1.07 bits per heavy atom. The largest absolute Gasteiger partial charge is 0.351 e. The molecular weight excluding hydrogens is 600 g/mol. The Kier molecular flexibility index (Phi) is 8.53. The van der Waals surface area contributed by atoms with Crippen molar-refractivity contribution in [2.24, 2.45) is 0 Å².